The number of nitrogens with zero attached hydrogens (tertiary/aromatic N) is 1. The number of halogens is 7. The fraction of sp³-hybridized carbons (Fsp3) is 0.562. The highest BCUT2D eigenvalue weighted by Crippen LogP contribution is 2.47. The van der Waals surface area contributed by atoms with Gasteiger partial charge in [0.15, 0.2) is 0 Å². The number of ether oxygens (including phenoxy) is 1. The average molecular weight is 667 g/mol. The van der Waals surface area contributed by atoms with Crippen molar-refractivity contribution in [2.24, 2.45) is 0 Å². The highest BCUT2D eigenvalue weighted by atomic mass is 19.4. The second kappa shape index (κ2) is 14.1. The summed E-state index contributed by atoms with van der Waals surface area (Å²) in [6, 6.07) is 8.08. The molecular weight excluding hydrogens is 625 g/mol. The molecule has 258 valence electrons. The van der Waals surface area contributed by atoms with E-state index in [2.05, 4.69) is 40.7 Å². The molecule has 0 aliphatic heterocycles. The number of hydrogen-bond donors (Lipinski definition) is 3. The van der Waals surface area contributed by atoms with Crippen molar-refractivity contribution in [2.45, 2.75) is 116 Å². The van der Waals surface area contributed by atoms with Crippen LogP contribution in [0.25, 0.3) is 0 Å². The van der Waals surface area contributed by atoms with Crippen LogP contribution in [-0.2, 0) is 20.4 Å². The van der Waals surface area contributed by atoms with Gasteiger partial charge in [0, 0.05) is 5.56 Å². The van der Waals surface area contributed by atoms with Crippen molar-refractivity contribution < 1.29 is 55.4 Å². The lowest BCUT2D eigenvalue weighted by Crippen LogP contribution is -2.57. The van der Waals surface area contributed by atoms with Gasteiger partial charge >= 0.3 is 23.9 Å². The van der Waals surface area contributed by atoms with Crippen molar-refractivity contribution in [3.05, 3.63) is 47.5 Å². The molecular formula is C32H41F7N2O5. The molecule has 0 fully saturated rings. The Kier molecular flexibility index (Phi) is 11.8. The fourth-order valence-electron chi connectivity index (χ4n) is 4.38. The van der Waals surface area contributed by atoms with Crippen LogP contribution in [0.2, 0.25) is 0 Å². The molecule has 2 aromatic rings. The summed E-state index contributed by atoms with van der Waals surface area (Å²) < 4.78 is 98.1. The van der Waals surface area contributed by atoms with Gasteiger partial charge < -0.3 is 15.2 Å². The highest BCUT2D eigenvalue weighted by molar-refractivity contribution is 5.99. The van der Waals surface area contributed by atoms with E-state index in [0.717, 1.165) is 35.4 Å². The lowest BCUT2D eigenvalue weighted by atomic mass is 9.76. The van der Waals surface area contributed by atoms with Crippen LogP contribution >= 0.6 is 0 Å². The van der Waals surface area contributed by atoms with E-state index < -0.39 is 59.5 Å². The molecule has 0 saturated carbocycles. The Bertz CT molecular complexity index is 1390. The van der Waals surface area contributed by atoms with Crippen LogP contribution in [-0.4, -0.2) is 46.3 Å². The number of carbonyl (C=O) groups excluding carboxylic acids is 2. The maximum atomic E-state index is 13.8. The van der Waals surface area contributed by atoms with Crippen molar-refractivity contribution >= 4 is 23.2 Å². The number of phenolic OH excluding ortho intramolecular Hbond substituents is 1. The summed E-state index contributed by atoms with van der Waals surface area (Å²) in [5.41, 5.74) is 0.0549. The van der Waals surface area contributed by atoms with Crippen LogP contribution in [0.5, 0.6) is 11.5 Å². The molecule has 0 bridgehead atoms. The van der Waals surface area contributed by atoms with E-state index in [1.165, 1.54) is 0 Å². The first-order valence-electron chi connectivity index (χ1n) is 14.8. The largest absolute Gasteiger partial charge is 0.506 e. The van der Waals surface area contributed by atoms with Gasteiger partial charge in [0.25, 0.3) is 5.91 Å². The van der Waals surface area contributed by atoms with Crippen LogP contribution < -0.4 is 15.1 Å². The highest BCUT2D eigenvalue weighted by Gasteiger charge is 2.76. The fourth-order valence-corrected chi connectivity index (χ4v) is 4.38. The molecule has 0 radical (unpaired) electrons. The molecule has 14 heteroatoms. The van der Waals surface area contributed by atoms with Crippen molar-refractivity contribution in [3.8, 4) is 11.5 Å². The smallest absolute Gasteiger partial charge is 0.460 e. The summed E-state index contributed by atoms with van der Waals surface area (Å²) in [7, 11) is 0. The van der Waals surface area contributed by atoms with E-state index in [-0.39, 0.29) is 15.9 Å². The van der Waals surface area contributed by atoms with Gasteiger partial charge in [-0.15, -0.1) is 0 Å². The quantitative estimate of drug-likeness (QED) is 0.0810. The first-order chi connectivity index (χ1) is 21.0. The number of hydrogen-bond acceptors (Lipinski definition) is 5. The summed E-state index contributed by atoms with van der Waals surface area (Å²) in [6.07, 6.45) is -5.26. The number of anilines is 2. The minimum Gasteiger partial charge on any atom is -0.506 e. The Morgan fingerprint density at radius 1 is 0.891 bits per heavy atom. The van der Waals surface area contributed by atoms with E-state index in [9.17, 15) is 50.6 Å². The molecule has 3 N–H and O–H groups in total. The van der Waals surface area contributed by atoms with Crippen LogP contribution in [0.3, 0.4) is 0 Å². The van der Waals surface area contributed by atoms with Gasteiger partial charge in [0.05, 0.1) is 17.8 Å². The standard InChI is InChI=1S/C32H41F7N2O5/c1-8-11-21(46-25-15-12-19(28(4,5)9-2)16-22(25)29(6,7)10-3)18-26(43)41(45)20-13-14-24(42)23(17-20)40-27(44)30(33,34)31(35,36)32(37,38)39/h12-17,21,42,45H,8-11,18H2,1-7H3,(H,40,44). The second-order valence-corrected chi connectivity index (χ2v) is 12.4. The number of phenols is 1. The summed E-state index contributed by atoms with van der Waals surface area (Å²) in [6.45, 7) is 14.4. The van der Waals surface area contributed by atoms with Crippen LogP contribution in [0.1, 0.15) is 91.7 Å². The topological polar surface area (TPSA) is 99.1 Å². The van der Waals surface area contributed by atoms with Crippen LogP contribution in [0.15, 0.2) is 36.4 Å². The maximum absolute atomic E-state index is 13.8. The number of amides is 2. The van der Waals surface area contributed by atoms with Gasteiger partial charge in [-0.2, -0.15) is 35.8 Å². The van der Waals surface area contributed by atoms with E-state index in [1.54, 1.807) is 0 Å². The molecule has 1 unspecified atom stereocenters. The van der Waals surface area contributed by atoms with Crippen molar-refractivity contribution in [1.29, 1.82) is 0 Å². The van der Waals surface area contributed by atoms with Crippen LogP contribution in [0, 0.1) is 0 Å². The lowest BCUT2D eigenvalue weighted by Gasteiger charge is -2.32. The average Bonchev–Trinajstić information content (AvgIpc) is 2.97. The first-order valence-corrected chi connectivity index (χ1v) is 14.8. The molecule has 0 aliphatic rings. The molecule has 1 atom stereocenters. The van der Waals surface area contributed by atoms with Gasteiger partial charge in [-0.1, -0.05) is 67.0 Å². The van der Waals surface area contributed by atoms with Crippen LogP contribution in [0.4, 0.5) is 42.1 Å². The molecule has 0 spiro atoms. The zero-order valence-corrected chi connectivity index (χ0v) is 26.8. The van der Waals surface area contributed by atoms with E-state index in [0.29, 0.717) is 30.7 Å². The molecule has 2 rings (SSSR count). The third kappa shape index (κ3) is 8.23. The zero-order valence-electron chi connectivity index (χ0n) is 26.8. The monoisotopic (exact) mass is 666 g/mol. The molecule has 46 heavy (non-hydrogen) atoms. The first kappa shape index (κ1) is 38.6. The van der Waals surface area contributed by atoms with E-state index in [4.69, 9.17) is 4.74 Å². The van der Waals surface area contributed by atoms with Gasteiger partial charge in [-0.25, -0.2) is 0 Å². The number of nitrogens with one attached hydrogen (secondary N) is 1. The Hall–Kier alpha value is -3.55. The SMILES string of the molecule is CCCC(CC(=O)N(O)c1ccc(O)c(NC(=O)C(F)(F)C(F)(F)C(F)(F)F)c1)Oc1ccc(C(C)(C)CC)cc1C(C)(C)CC. The third-order valence-electron chi connectivity index (χ3n) is 8.31. The van der Waals surface area contributed by atoms with E-state index >= 15 is 0 Å². The second-order valence-electron chi connectivity index (χ2n) is 12.4. The Morgan fingerprint density at radius 3 is 2.00 bits per heavy atom. The van der Waals surface area contributed by atoms with Crippen molar-refractivity contribution in [3.63, 3.8) is 0 Å². The Balaban J connectivity index is 2.35. The van der Waals surface area contributed by atoms with Gasteiger partial charge in [0.2, 0.25) is 0 Å². The summed E-state index contributed by atoms with van der Waals surface area (Å²) in [5, 5.41) is 21.7. The Labute approximate surface area is 263 Å². The molecule has 7 nitrogen and oxygen atoms in total. The summed E-state index contributed by atoms with van der Waals surface area (Å²) >= 11 is 0. The van der Waals surface area contributed by atoms with Crippen molar-refractivity contribution in [2.75, 3.05) is 10.4 Å². The molecule has 2 amide bonds. The summed E-state index contributed by atoms with van der Waals surface area (Å²) in [4.78, 5) is 24.9. The third-order valence-corrected chi connectivity index (χ3v) is 8.31. The number of carbonyl (C=O) groups is 2. The molecule has 0 saturated heterocycles. The number of aromatic hydroxyl groups is 1. The minimum atomic E-state index is -6.76. The molecule has 0 aromatic heterocycles. The lowest BCUT2D eigenvalue weighted by molar-refractivity contribution is -0.343. The molecule has 0 aliphatic carbocycles. The van der Waals surface area contributed by atoms with Gasteiger partial charge in [-0.3, -0.25) is 14.8 Å². The zero-order chi connectivity index (χ0) is 35.5. The van der Waals surface area contributed by atoms with Gasteiger partial charge in [-0.05, 0) is 59.9 Å². The number of hydroxylamine groups is 1. The van der Waals surface area contributed by atoms with Gasteiger partial charge in [0.1, 0.15) is 17.6 Å². The predicted octanol–water partition coefficient (Wildman–Crippen LogP) is 8.90. The summed E-state index contributed by atoms with van der Waals surface area (Å²) in [5.74, 6) is -17.5. The minimum absolute atomic E-state index is 0.0628. The number of benzene rings is 2. The number of rotatable bonds is 14. The normalized spacial score (nSPS) is 13.7. The molecule has 2 aromatic carbocycles. The Morgan fingerprint density at radius 2 is 1.48 bits per heavy atom. The van der Waals surface area contributed by atoms with Crippen molar-refractivity contribution in [1.82, 2.24) is 0 Å². The predicted molar refractivity (Wildman–Crippen MR) is 159 cm³/mol. The maximum Gasteiger partial charge on any atom is 0.460 e. The van der Waals surface area contributed by atoms with E-state index in [1.807, 2.05) is 26.0 Å². The number of alkyl halides is 7. The molecule has 0 heterocycles.